The first kappa shape index (κ1) is 16.2. The third kappa shape index (κ3) is 5.62. The van der Waals surface area contributed by atoms with Gasteiger partial charge in [-0.25, -0.2) is 0 Å². The van der Waals surface area contributed by atoms with Crippen LogP contribution in [0.15, 0.2) is 69.6 Å². The fourth-order valence-electron chi connectivity index (χ4n) is 1.77. The van der Waals surface area contributed by atoms with Crippen LogP contribution in [0, 0.1) is 0 Å². The summed E-state index contributed by atoms with van der Waals surface area (Å²) >= 11 is 7.03. The van der Waals surface area contributed by atoms with Crippen LogP contribution in [0.2, 0.25) is 0 Å². The van der Waals surface area contributed by atoms with E-state index >= 15 is 0 Å². The highest BCUT2D eigenvalue weighted by molar-refractivity contribution is 9.10. The quantitative estimate of drug-likeness (QED) is 0.537. The SMILES string of the molecule is Brc1ccccc1/C=C/COC/C=C/c1ccccc1Br. The Hall–Kier alpha value is -1.16. The summed E-state index contributed by atoms with van der Waals surface area (Å²) in [5.41, 5.74) is 2.31. The molecule has 0 amide bonds. The molecule has 0 radical (unpaired) electrons. The normalized spacial score (nSPS) is 11.5. The van der Waals surface area contributed by atoms with Crippen LogP contribution in [0.5, 0.6) is 0 Å². The Kier molecular flexibility index (Phi) is 6.93. The van der Waals surface area contributed by atoms with Gasteiger partial charge in [0.15, 0.2) is 0 Å². The van der Waals surface area contributed by atoms with Crippen LogP contribution in [0.3, 0.4) is 0 Å². The minimum atomic E-state index is 0.599. The zero-order valence-electron chi connectivity index (χ0n) is 11.5. The van der Waals surface area contributed by atoms with E-state index in [0.717, 1.165) is 20.1 Å². The lowest BCUT2D eigenvalue weighted by atomic mass is 10.2. The summed E-state index contributed by atoms with van der Waals surface area (Å²) in [6.45, 7) is 1.20. The van der Waals surface area contributed by atoms with Crippen LogP contribution in [0.4, 0.5) is 0 Å². The van der Waals surface area contributed by atoms with Crippen molar-refractivity contribution in [1.82, 2.24) is 0 Å². The molecule has 2 aromatic carbocycles. The van der Waals surface area contributed by atoms with Crippen molar-refractivity contribution in [2.24, 2.45) is 0 Å². The minimum absolute atomic E-state index is 0.599. The molecule has 0 bridgehead atoms. The van der Waals surface area contributed by atoms with Crippen LogP contribution in [-0.4, -0.2) is 13.2 Å². The average molecular weight is 408 g/mol. The van der Waals surface area contributed by atoms with E-state index in [1.807, 2.05) is 48.6 Å². The summed E-state index contributed by atoms with van der Waals surface area (Å²) < 4.78 is 7.74. The summed E-state index contributed by atoms with van der Waals surface area (Å²) in [6, 6.07) is 16.2. The number of rotatable bonds is 6. The number of ether oxygens (including phenoxy) is 1. The molecule has 0 spiro atoms. The maximum absolute atomic E-state index is 5.55. The van der Waals surface area contributed by atoms with Gasteiger partial charge in [-0.15, -0.1) is 0 Å². The Balaban J connectivity index is 1.73. The lowest BCUT2D eigenvalue weighted by Gasteiger charge is -1.99. The van der Waals surface area contributed by atoms with Gasteiger partial charge in [0.25, 0.3) is 0 Å². The van der Waals surface area contributed by atoms with E-state index in [9.17, 15) is 0 Å². The second kappa shape index (κ2) is 8.98. The van der Waals surface area contributed by atoms with E-state index in [4.69, 9.17) is 4.74 Å². The predicted octanol–water partition coefficient (Wildman–Crippen LogP) is 5.95. The molecule has 2 rings (SSSR count). The number of halogens is 2. The molecule has 0 aliphatic rings. The van der Waals surface area contributed by atoms with Crippen molar-refractivity contribution in [2.45, 2.75) is 0 Å². The molecular weight excluding hydrogens is 392 g/mol. The molecule has 1 nitrogen and oxygen atoms in total. The van der Waals surface area contributed by atoms with E-state index in [1.165, 1.54) is 0 Å². The van der Waals surface area contributed by atoms with Gasteiger partial charge in [0, 0.05) is 8.95 Å². The first-order valence-corrected chi connectivity index (χ1v) is 8.26. The van der Waals surface area contributed by atoms with E-state index in [0.29, 0.717) is 13.2 Å². The average Bonchev–Trinajstić information content (AvgIpc) is 2.50. The monoisotopic (exact) mass is 406 g/mol. The Labute approximate surface area is 142 Å². The first-order chi connectivity index (χ1) is 10.3. The fraction of sp³-hybridized carbons (Fsp3) is 0.111. The molecule has 0 saturated heterocycles. The second-order valence-corrected chi connectivity index (χ2v) is 6.09. The van der Waals surface area contributed by atoms with Crippen molar-refractivity contribution < 1.29 is 4.74 Å². The molecule has 0 aromatic heterocycles. The molecule has 0 saturated carbocycles. The molecule has 3 heteroatoms. The zero-order valence-corrected chi connectivity index (χ0v) is 14.7. The molecule has 0 heterocycles. The van der Waals surface area contributed by atoms with Gasteiger partial charge in [-0.2, -0.15) is 0 Å². The third-order valence-corrected chi connectivity index (χ3v) is 4.28. The molecule has 0 N–H and O–H groups in total. The maximum Gasteiger partial charge on any atom is 0.0655 e. The van der Waals surface area contributed by atoms with Crippen molar-refractivity contribution in [3.63, 3.8) is 0 Å². The van der Waals surface area contributed by atoms with Gasteiger partial charge in [-0.05, 0) is 23.3 Å². The van der Waals surface area contributed by atoms with E-state index in [1.54, 1.807) is 0 Å². The third-order valence-electron chi connectivity index (χ3n) is 2.83. The van der Waals surface area contributed by atoms with Gasteiger partial charge in [0.05, 0.1) is 13.2 Å². The number of benzene rings is 2. The topological polar surface area (TPSA) is 9.23 Å². The molecule has 0 aliphatic heterocycles. The van der Waals surface area contributed by atoms with E-state index in [2.05, 4.69) is 56.1 Å². The fourth-order valence-corrected chi connectivity index (χ4v) is 2.61. The standard InChI is InChI=1S/C18H16Br2O/c19-17-11-3-1-7-15(17)9-5-13-21-14-6-10-16-8-2-4-12-18(16)20/h1-12H,13-14H2/b9-5+,10-6+. The van der Waals surface area contributed by atoms with Gasteiger partial charge in [0.2, 0.25) is 0 Å². The number of hydrogen-bond acceptors (Lipinski definition) is 1. The van der Waals surface area contributed by atoms with E-state index < -0.39 is 0 Å². The van der Waals surface area contributed by atoms with Crippen LogP contribution in [0.1, 0.15) is 11.1 Å². The highest BCUT2D eigenvalue weighted by atomic mass is 79.9. The summed E-state index contributed by atoms with van der Waals surface area (Å²) in [7, 11) is 0. The smallest absolute Gasteiger partial charge is 0.0655 e. The van der Waals surface area contributed by atoms with E-state index in [-0.39, 0.29) is 0 Å². The van der Waals surface area contributed by atoms with Crippen LogP contribution < -0.4 is 0 Å². The molecule has 2 aromatic rings. The number of hydrogen-bond donors (Lipinski definition) is 0. The lowest BCUT2D eigenvalue weighted by Crippen LogP contribution is -1.90. The van der Waals surface area contributed by atoms with Crippen LogP contribution in [-0.2, 0) is 4.74 Å². The highest BCUT2D eigenvalue weighted by Gasteiger charge is 1.93. The highest BCUT2D eigenvalue weighted by Crippen LogP contribution is 2.17. The van der Waals surface area contributed by atoms with Gasteiger partial charge in [-0.1, -0.05) is 92.6 Å². The van der Waals surface area contributed by atoms with Crippen molar-refractivity contribution >= 4 is 44.0 Å². The Morgan fingerprint density at radius 2 is 1.14 bits per heavy atom. The minimum Gasteiger partial charge on any atom is -0.373 e. The lowest BCUT2D eigenvalue weighted by molar-refractivity contribution is 0.195. The van der Waals surface area contributed by atoms with Gasteiger partial charge >= 0.3 is 0 Å². The molecule has 0 unspecified atom stereocenters. The van der Waals surface area contributed by atoms with Crippen LogP contribution in [0.25, 0.3) is 12.2 Å². The van der Waals surface area contributed by atoms with Crippen molar-refractivity contribution in [2.75, 3.05) is 13.2 Å². The summed E-state index contributed by atoms with van der Waals surface area (Å²) in [4.78, 5) is 0. The van der Waals surface area contributed by atoms with Crippen molar-refractivity contribution in [1.29, 1.82) is 0 Å². The van der Waals surface area contributed by atoms with Gasteiger partial charge in [-0.3, -0.25) is 0 Å². The molecular formula is C18H16Br2O. The molecule has 21 heavy (non-hydrogen) atoms. The Morgan fingerprint density at radius 1 is 0.714 bits per heavy atom. The van der Waals surface area contributed by atoms with Gasteiger partial charge < -0.3 is 4.74 Å². The Morgan fingerprint density at radius 3 is 1.57 bits per heavy atom. The van der Waals surface area contributed by atoms with Gasteiger partial charge in [0.1, 0.15) is 0 Å². The van der Waals surface area contributed by atoms with Crippen LogP contribution >= 0.6 is 31.9 Å². The summed E-state index contributed by atoms with van der Waals surface area (Å²) in [6.07, 6.45) is 8.15. The predicted molar refractivity (Wildman–Crippen MR) is 97.2 cm³/mol. The first-order valence-electron chi connectivity index (χ1n) is 6.67. The summed E-state index contributed by atoms with van der Waals surface area (Å²) in [5, 5.41) is 0. The zero-order chi connectivity index (χ0) is 14.9. The molecule has 0 aliphatic carbocycles. The second-order valence-electron chi connectivity index (χ2n) is 4.39. The molecule has 0 atom stereocenters. The van der Waals surface area contributed by atoms with Crippen molar-refractivity contribution in [3.05, 3.63) is 80.8 Å². The maximum atomic E-state index is 5.55. The summed E-state index contributed by atoms with van der Waals surface area (Å²) in [5.74, 6) is 0. The Bertz CT molecular complexity index is 577. The largest absolute Gasteiger partial charge is 0.373 e. The molecule has 108 valence electrons. The van der Waals surface area contributed by atoms with Crippen molar-refractivity contribution in [3.8, 4) is 0 Å². The molecule has 0 fully saturated rings.